The predicted molar refractivity (Wildman–Crippen MR) is 158 cm³/mol. The molecule has 4 aromatic carbocycles. The summed E-state index contributed by atoms with van der Waals surface area (Å²) in [5, 5.41) is 2.41. The number of nitrogens with zero attached hydrogens (tertiary/aromatic N) is 2. The van der Waals surface area contributed by atoms with Crippen molar-refractivity contribution in [2.75, 3.05) is 13.1 Å². The number of hydrogen-bond donors (Lipinski definition) is 0. The van der Waals surface area contributed by atoms with Crippen LogP contribution in [0, 0.1) is 0 Å². The van der Waals surface area contributed by atoms with Gasteiger partial charge in [-0.25, -0.2) is 8.42 Å². The Labute approximate surface area is 233 Å². The van der Waals surface area contributed by atoms with Crippen molar-refractivity contribution >= 4 is 26.6 Å². The Morgan fingerprint density at radius 2 is 1.32 bits per heavy atom. The first-order chi connectivity index (χ1) is 19.4. The highest BCUT2D eigenvalue weighted by atomic mass is 32.2. The second-order valence-corrected chi connectivity index (χ2v) is 12.0. The lowest BCUT2D eigenvalue weighted by atomic mass is 9.96. The number of rotatable bonds is 7. The van der Waals surface area contributed by atoms with Crippen LogP contribution in [-0.2, 0) is 16.6 Å². The average Bonchev–Trinajstić information content (AvgIpc) is 3.54. The van der Waals surface area contributed by atoms with Gasteiger partial charge in [0, 0.05) is 30.9 Å². The first kappa shape index (κ1) is 25.9. The van der Waals surface area contributed by atoms with Crippen molar-refractivity contribution in [1.29, 1.82) is 0 Å². The Morgan fingerprint density at radius 3 is 2.05 bits per heavy atom. The zero-order chi connectivity index (χ0) is 27.7. The molecule has 0 aliphatic carbocycles. The summed E-state index contributed by atoms with van der Waals surface area (Å²) in [5.74, 6) is -0.268. The lowest BCUT2D eigenvalue weighted by Gasteiger charge is -2.16. The number of carbonyl (C=O) groups excluding carboxylic acids is 1. The van der Waals surface area contributed by atoms with Crippen molar-refractivity contribution in [2.45, 2.75) is 24.3 Å². The molecule has 0 unspecified atom stereocenters. The third-order valence-corrected chi connectivity index (χ3v) is 9.38. The third kappa shape index (κ3) is 5.01. The number of aromatic nitrogens is 1. The molecule has 6 nitrogen and oxygen atoms in total. The molecule has 7 heteroatoms. The molecule has 0 radical (unpaired) electrons. The Morgan fingerprint density at radius 1 is 0.700 bits per heavy atom. The van der Waals surface area contributed by atoms with Gasteiger partial charge in [0.25, 0.3) is 5.56 Å². The minimum Gasteiger partial charge on any atom is -0.306 e. The van der Waals surface area contributed by atoms with E-state index in [2.05, 4.69) is 54.6 Å². The summed E-state index contributed by atoms with van der Waals surface area (Å²) in [7, 11) is -3.68. The van der Waals surface area contributed by atoms with Gasteiger partial charge in [-0.05, 0) is 51.9 Å². The van der Waals surface area contributed by atoms with Crippen LogP contribution in [0.25, 0.3) is 33.0 Å². The number of pyridine rings is 1. The van der Waals surface area contributed by atoms with Crippen molar-refractivity contribution in [3.05, 3.63) is 125 Å². The number of hydrogen-bond acceptors (Lipinski definition) is 4. The summed E-state index contributed by atoms with van der Waals surface area (Å²) in [6.45, 7) is 0.707. The fourth-order valence-corrected chi connectivity index (χ4v) is 6.81. The Balaban J connectivity index is 1.19. The molecular formula is C33H28N2O4S. The van der Waals surface area contributed by atoms with Gasteiger partial charge in [0.15, 0.2) is 5.78 Å². The predicted octanol–water partition coefficient (Wildman–Crippen LogP) is 6.00. The van der Waals surface area contributed by atoms with Gasteiger partial charge >= 0.3 is 0 Å². The summed E-state index contributed by atoms with van der Waals surface area (Å²) < 4.78 is 28.4. The van der Waals surface area contributed by atoms with E-state index in [1.807, 2.05) is 24.3 Å². The van der Waals surface area contributed by atoms with Crippen molar-refractivity contribution in [2.24, 2.45) is 0 Å². The second kappa shape index (κ2) is 10.7. The van der Waals surface area contributed by atoms with E-state index in [0.29, 0.717) is 18.7 Å². The van der Waals surface area contributed by atoms with Gasteiger partial charge in [-0.1, -0.05) is 91.0 Å². The van der Waals surface area contributed by atoms with Crippen molar-refractivity contribution in [3.8, 4) is 22.3 Å². The molecule has 40 heavy (non-hydrogen) atoms. The molecule has 0 saturated carbocycles. The molecule has 200 valence electrons. The van der Waals surface area contributed by atoms with Crippen molar-refractivity contribution in [1.82, 2.24) is 8.87 Å². The molecule has 1 aliphatic heterocycles. The van der Waals surface area contributed by atoms with E-state index < -0.39 is 15.6 Å². The van der Waals surface area contributed by atoms with Gasteiger partial charge in [-0.15, -0.1) is 0 Å². The summed E-state index contributed by atoms with van der Waals surface area (Å²) >= 11 is 0. The van der Waals surface area contributed by atoms with E-state index in [-0.39, 0.29) is 17.2 Å². The minimum atomic E-state index is -3.68. The van der Waals surface area contributed by atoms with E-state index in [0.717, 1.165) is 29.5 Å². The summed E-state index contributed by atoms with van der Waals surface area (Å²) in [6, 6.07) is 32.8. The SMILES string of the molecule is O=C(Cn1cc(S(=O)(=O)N2CCCC2)ccc1=O)c1ccc(-c2ccc(-c3cccc4ccccc34)cc2)cc1. The first-order valence-corrected chi connectivity index (χ1v) is 14.8. The van der Waals surface area contributed by atoms with E-state index >= 15 is 0 Å². The van der Waals surface area contributed by atoms with Crippen molar-refractivity contribution in [3.63, 3.8) is 0 Å². The number of benzene rings is 4. The number of carbonyl (C=O) groups is 1. The number of ketones is 1. The van der Waals surface area contributed by atoms with Gasteiger partial charge in [0.1, 0.15) is 0 Å². The zero-order valence-corrected chi connectivity index (χ0v) is 22.7. The fourth-order valence-electron chi connectivity index (χ4n) is 5.28. The van der Waals surface area contributed by atoms with Crippen LogP contribution in [-0.4, -0.2) is 36.2 Å². The molecule has 2 heterocycles. The maximum atomic E-state index is 13.0. The Hall–Kier alpha value is -4.33. The molecule has 0 amide bonds. The van der Waals surface area contributed by atoms with Crippen LogP contribution in [0.15, 0.2) is 119 Å². The molecular weight excluding hydrogens is 520 g/mol. The normalized spacial score (nSPS) is 14.0. The maximum absolute atomic E-state index is 13.0. The zero-order valence-electron chi connectivity index (χ0n) is 21.9. The first-order valence-electron chi connectivity index (χ1n) is 13.3. The summed E-state index contributed by atoms with van der Waals surface area (Å²) in [5.41, 5.74) is 4.34. The van der Waals surface area contributed by atoms with E-state index in [4.69, 9.17) is 0 Å². The lowest BCUT2D eigenvalue weighted by molar-refractivity contribution is 0.0970. The third-order valence-electron chi connectivity index (χ3n) is 7.50. The molecule has 1 fully saturated rings. The largest absolute Gasteiger partial charge is 0.306 e. The van der Waals surface area contributed by atoms with Gasteiger partial charge in [0.2, 0.25) is 10.0 Å². The van der Waals surface area contributed by atoms with Gasteiger partial charge in [0.05, 0.1) is 11.4 Å². The number of Topliss-reactive ketones (excluding diaryl/α,β-unsaturated/α-hetero) is 1. The molecule has 0 atom stereocenters. The number of fused-ring (bicyclic) bond motifs is 1. The molecule has 5 aromatic rings. The molecule has 0 bridgehead atoms. The second-order valence-electron chi connectivity index (χ2n) is 10.0. The van der Waals surface area contributed by atoms with Gasteiger partial charge in [-0.2, -0.15) is 4.31 Å². The Bertz CT molecular complexity index is 1860. The van der Waals surface area contributed by atoms with Crippen LogP contribution >= 0.6 is 0 Å². The highest BCUT2D eigenvalue weighted by molar-refractivity contribution is 7.89. The van der Waals surface area contributed by atoms with Crippen LogP contribution in [0.5, 0.6) is 0 Å². The quantitative estimate of drug-likeness (QED) is 0.234. The molecule has 1 saturated heterocycles. The highest BCUT2D eigenvalue weighted by Gasteiger charge is 2.27. The molecule has 0 spiro atoms. The van der Waals surface area contributed by atoms with Gasteiger partial charge < -0.3 is 4.57 Å². The van der Waals surface area contributed by atoms with Crippen LogP contribution in [0.1, 0.15) is 23.2 Å². The molecule has 0 N–H and O–H groups in total. The maximum Gasteiger partial charge on any atom is 0.251 e. The lowest BCUT2D eigenvalue weighted by Crippen LogP contribution is -2.30. The van der Waals surface area contributed by atoms with E-state index in [1.54, 1.807) is 12.1 Å². The average molecular weight is 549 g/mol. The standard InChI is InChI=1S/C33H28N2O4S/c36-32(23-34-22-29(18-19-33(34)37)40(38,39)35-20-3-4-21-35)28-16-12-25(13-17-28)24-10-14-27(15-11-24)31-9-5-7-26-6-1-2-8-30(26)31/h1-2,5-19,22H,3-4,20-21,23H2. The van der Waals surface area contributed by atoms with E-state index in [9.17, 15) is 18.0 Å². The van der Waals surface area contributed by atoms with Crippen LogP contribution in [0.2, 0.25) is 0 Å². The summed E-state index contributed by atoms with van der Waals surface area (Å²) in [6.07, 6.45) is 2.92. The van der Waals surface area contributed by atoms with Crippen molar-refractivity contribution < 1.29 is 13.2 Å². The molecule has 1 aliphatic rings. The molecule has 1 aromatic heterocycles. The van der Waals surface area contributed by atoms with Crippen LogP contribution < -0.4 is 5.56 Å². The monoisotopic (exact) mass is 548 g/mol. The highest BCUT2D eigenvalue weighted by Crippen LogP contribution is 2.30. The van der Waals surface area contributed by atoms with Gasteiger partial charge in [-0.3, -0.25) is 9.59 Å². The summed E-state index contributed by atoms with van der Waals surface area (Å²) in [4.78, 5) is 25.5. The van der Waals surface area contributed by atoms with Crippen LogP contribution in [0.3, 0.4) is 0 Å². The smallest absolute Gasteiger partial charge is 0.251 e. The minimum absolute atomic E-state index is 0.0316. The number of sulfonamides is 1. The Kier molecular flexibility index (Phi) is 6.92. The molecule has 6 rings (SSSR count). The topological polar surface area (TPSA) is 76.5 Å². The van der Waals surface area contributed by atoms with Crippen LogP contribution in [0.4, 0.5) is 0 Å². The fraction of sp³-hybridized carbons (Fsp3) is 0.152. The van der Waals surface area contributed by atoms with E-state index in [1.165, 1.54) is 43.5 Å².